The van der Waals surface area contributed by atoms with Crippen molar-refractivity contribution in [3.8, 4) is 28.4 Å². The molecule has 4 rings (SSSR count). The van der Waals surface area contributed by atoms with Crippen molar-refractivity contribution in [2.24, 2.45) is 5.10 Å². The van der Waals surface area contributed by atoms with Crippen LogP contribution in [0.1, 0.15) is 5.56 Å². The molecule has 0 aliphatic heterocycles. The van der Waals surface area contributed by atoms with Crippen LogP contribution in [0.25, 0.3) is 22.6 Å². The van der Waals surface area contributed by atoms with Crippen LogP contribution in [-0.4, -0.2) is 23.3 Å². The zero-order chi connectivity index (χ0) is 19.9. The van der Waals surface area contributed by atoms with Crippen LogP contribution in [0.2, 0.25) is 0 Å². The molecule has 0 radical (unpaired) electrons. The first-order chi connectivity index (χ1) is 14.3. The lowest BCUT2D eigenvalue weighted by Gasteiger charge is -2.08. The van der Waals surface area contributed by atoms with Gasteiger partial charge in [-0.15, -0.1) is 0 Å². The Bertz CT molecular complexity index is 1040. The molecule has 0 aliphatic carbocycles. The second kappa shape index (κ2) is 8.80. The second-order valence-electron chi connectivity index (χ2n) is 6.34. The fraction of sp³-hybridized carbons (Fsp3) is 0.0417. The van der Waals surface area contributed by atoms with Crippen LogP contribution in [0.5, 0.6) is 5.75 Å². The Kier molecular flexibility index (Phi) is 5.58. The van der Waals surface area contributed by atoms with E-state index in [9.17, 15) is 0 Å². The molecule has 3 aromatic carbocycles. The summed E-state index contributed by atoms with van der Waals surface area (Å²) in [4.78, 5) is 9.37. The van der Waals surface area contributed by atoms with E-state index in [0.717, 1.165) is 28.1 Å². The zero-order valence-corrected chi connectivity index (χ0v) is 16.0. The predicted molar refractivity (Wildman–Crippen MR) is 117 cm³/mol. The average molecular weight is 380 g/mol. The number of rotatable bonds is 6. The molecule has 0 saturated carbocycles. The van der Waals surface area contributed by atoms with Crippen LogP contribution in [0.3, 0.4) is 0 Å². The van der Waals surface area contributed by atoms with E-state index in [0.29, 0.717) is 11.6 Å². The Balaban J connectivity index is 1.63. The van der Waals surface area contributed by atoms with Gasteiger partial charge in [0.1, 0.15) is 5.75 Å². The van der Waals surface area contributed by atoms with Crippen molar-refractivity contribution in [2.45, 2.75) is 0 Å². The van der Waals surface area contributed by atoms with Crippen LogP contribution in [0, 0.1) is 0 Å². The Morgan fingerprint density at radius 2 is 1.45 bits per heavy atom. The number of methoxy groups -OCH3 is 1. The van der Waals surface area contributed by atoms with E-state index in [-0.39, 0.29) is 0 Å². The van der Waals surface area contributed by atoms with Gasteiger partial charge in [0.05, 0.1) is 19.0 Å². The Morgan fingerprint density at radius 1 is 0.793 bits per heavy atom. The first-order valence-corrected chi connectivity index (χ1v) is 9.25. The number of anilines is 1. The molecule has 29 heavy (non-hydrogen) atoms. The topological polar surface area (TPSA) is 59.4 Å². The number of hydrogen-bond acceptors (Lipinski definition) is 5. The van der Waals surface area contributed by atoms with Crippen molar-refractivity contribution in [3.63, 3.8) is 0 Å². The lowest BCUT2D eigenvalue weighted by atomic mass is 10.1. The largest absolute Gasteiger partial charge is 0.497 e. The highest BCUT2D eigenvalue weighted by Gasteiger charge is 2.08. The summed E-state index contributed by atoms with van der Waals surface area (Å²) >= 11 is 0. The third-order valence-electron chi connectivity index (χ3n) is 4.34. The minimum atomic E-state index is 0.627. The number of aromatic nitrogens is 2. The minimum Gasteiger partial charge on any atom is -0.497 e. The highest BCUT2D eigenvalue weighted by molar-refractivity contribution is 5.80. The highest BCUT2D eigenvalue weighted by Crippen LogP contribution is 2.24. The zero-order valence-electron chi connectivity index (χ0n) is 16.0. The fourth-order valence-corrected chi connectivity index (χ4v) is 2.84. The first kappa shape index (κ1) is 18.4. The number of ether oxygens (including phenoxy) is 1. The number of hydrazone groups is 1. The molecule has 0 atom stereocenters. The van der Waals surface area contributed by atoms with Gasteiger partial charge in [-0.25, -0.2) is 9.97 Å². The summed E-state index contributed by atoms with van der Waals surface area (Å²) in [5, 5.41) is 4.33. The third-order valence-corrected chi connectivity index (χ3v) is 4.34. The molecule has 1 aromatic heterocycles. The summed E-state index contributed by atoms with van der Waals surface area (Å²) in [6.07, 6.45) is 1.74. The molecule has 0 amide bonds. The predicted octanol–water partition coefficient (Wildman–Crippen LogP) is 5.27. The van der Waals surface area contributed by atoms with Gasteiger partial charge >= 0.3 is 0 Å². The van der Waals surface area contributed by atoms with Crippen molar-refractivity contribution in [2.75, 3.05) is 12.5 Å². The minimum absolute atomic E-state index is 0.627. The molecule has 0 bridgehead atoms. The van der Waals surface area contributed by atoms with Crippen LogP contribution >= 0.6 is 0 Å². The molecule has 4 aromatic rings. The lowest BCUT2D eigenvalue weighted by molar-refractivity contribution is 0.415. The van der Waals surface area contributed by atoms with Gasteiger partial charge in [-0.1, -0.05) is 60.7 Å². The van der Waals surface area contributed by atoms with E-state index in [4.69, 9.17) is 9.72 Å². The van der Waals surface area contributed by atoms with Gasteiger partial charge in [0, 0.05) is 17.2 Å². The molecule has 5 nitrogen and oxygen atoms in total. The van der Waals surface area contributed by atoms with E-state index >= 15 is 0 Å². The van der Waals surface area contributed by atoms with Gasteiger partial charge in [-0.3, -0.25) is 5.43 Å². The van der Waals surface area contributed by atoms with Crippen molar-refractivity contribution in [3.05, 3.63) is 96.6 Å². The third kappa shape index (κ3) is 4.65. The second-order valence-corrected chi connectivity index (χ2v) is 6.34. The van der Waals surface area contributed by atoms with Crippen molar-refractivity contribution >= 4 is 12.0 Å². The van der Waals surface area contributed by atoms with Crippen LogP contribution in [0.4, 0.5) is 5.82 Å². The van der Waals surface area contributed by atoms with E-state index < -0.39 is 0 Å². The smallest absolute Gasteiger partial charge is 0.162 e. The first-order valence-electron chi connectivity index (χ1n) is 9.25. The summed E-state index contributed by atoms with van der Waals surface area (Å²) < 4.78 is 5.18. The van der Waals surface area contributed by atoms with Gasteiger partial charge in [0.25, 0.3) is 0 Å². The monoisotopic (exact) mass is 380 g/mol. The van der Waals surface area contributed by atoms with E-state index in [1.165, 1.54) is 0 Å². The quantitative estimate of drug-likeness (QED) is 0.366. The standard InChI is InChI=1S/C24H20N4O/c1-29-21-14-12-18(13-15-21)17-25-28-23-16-22(19-8-4-2-5-9-19)26-24(27-23)20-10-6-3-7-11-20/h2-17H,1H3,(H,26,27,28). The maximum atomic E-state index is 5.18. The van der Waals surface area contributed by atoms with Crippen LogP contribution < -0.4 is 10.2 Å². The lowest BCUT2D eigenvalue weighted by Crippen LogP contribution is -1.99. The summed E-state index contributed by atoms with van der Waals surface area (Å²) in [6.45, 7) is 0. The Hall–Kier alpha value is -3.99. The molecule has 0 saturated heterocycles. The summed E-state index contributed by atoms with van der Waals surface area (Å²) in [7, 11) is 1.65. The average Bonchev–Trinajstić information content (AvgIpc) is 2.80. The molecule has 0 unspecified atom stereocenters. The van der Waals surface area contributed by atoms with Gasteiger partial charge in [0.2, 0.25) is 0 Å². The maximum Gasteiger partial charge on any atom is 0.162 e. The van der Waals surface area contributed by atoms with E-state index in [2.05, 4.69) is 15.5 Å². The van der Waals surface area contributed by atoms with Crippen molar-refractivity contribution < 1.29 is 4.74 Å². The Labute approximate surface area is 169 Å². The summed E-state index contributed by atoms with van der Waals surface area (Å²) in [5.74, 6) is 2.09. The maximum absolute atomic E-state index is 5.18. The van der Waals surface area contributed by atoms with Gasteiger partial charge < -0.3 is 4.74 Å². The number of benzene rings is 3. The summed E-state index contributed by atoms with van der Waals surface area (Å²) in [6, 6.07) is 29.5. The SMILES string of the molecule is COc1ccc(C=NNc2cc(-c3ccccc3)nc(-c3ccccc3)n2)cc1. The normalized spacial score (nSPS) is 10.8. The number of hydrogen-bond donors (Lipinski definition) is 1. The van der Waals surface area contributed by atoms with Crippen molar-refractivity contribution in [1.29, 1.82) is 0 Å². The fourth-order valence-electron chi connectivity index (χ4n) is 2.84. The Morgan fingerprint density at radius 3 is 2.10 bits per heavy atom. The molecular weight excluding hydrogens is 360 g/mol. The van der Waals surface area contributed by atoms with Gasteiger partial charge in [-0.2, -0.15) is 5.10 Å². The molecule has 0 spiro atoms. The van der Waals surface area contributed by atoms with E-state index in [1.54, 1.807) is 13.3 Å². The van der Waals surface area contributed by atoms with Crippen molar-refractivity contribution in [1.82, 2.24) is 9.97 Å². The van der Waals surface area contributed by atoms with E-state index in [1.807, 2.05) is 91.0 Å². The highest BCUT2D eigenvalue weighted by atomic mass is 16.5. The van der Waals surface area contributed by atoms with Crippen LogP contribution in [-0.2, 0) is 0 Å². The number of nitrogens with zero attached hydrogens (tertiary/aromatic N) is 3. The molecular formula is C24H20N4O. The summed E-state index contributed by atoms with van der Waals surface area (Å²) in [5.41, 5.74) is 6.80. The van der Waals surface area contributed by atoms with Crippen LogP contribution in [0.15, 0.2) is 96.1 Å². The van der Waals surface area contributed by atoms with Gasteiger partial charge in [0.15, 0.2) is 11.6 Å². The molecule has 142 valence electrons. The molecule has 1 N–H and O–H groups in total. The molecule has 0 fully saturated rings. The molecule has 1 heterocycles. The van der Waals surface area contributed by atoms with Gasteiger partial charge in [-0.05, 0) is 29.8 Å². The molecule has 5 heteroatoms. The molecule has 0 aliphatic rings. The number of nitrogens with one attached hydrogen (secondary N) is 1.